The molecule has 0 aliphatic heterocycles. The maximum Gasteiger partial charge on any atom is 0.260 e. The van der Waals surface area contributed by atoms with Gasteiger partial charge < -0.3 is 0 Å². The quantitative estimate of drug-likeness (QED) is 0.358. The lowest BCUT2D eigenvalue weighted by atomic mass is 10.2. The van der Waals surface area contributed by atoms with Crippen LogP contribution in [0, 0.1) is 0 Å². The molecule has 4 rings (SSSR count). The van der Waals surface area contributed by atoms with Crippen molar-refractivity contribution in [2.45, 2.75) is 6.54 Å². The minimum Gasteiger partial charge on any atom is -0.279 e. The molecular formula is C20H12Cl3N3OS. The van der Waals surface area contributed by atoms with Crippen molar-refractivity contribution in [3.63, 3.8) is 0 Å². The summed E-state index contributed by atoms with van der Waals surface area (Å²) in [6.45, 7) is 0.310. The van der Waals surface area contributed by atoms with Crippen molar-refractivity contribution in [1.82, 2.24) is 9.97 Å². The molecule has 2 aromatic heterocycles. The molecule has 0 fully saturated rings. The van der Waals surface area contributed by atoms with E-state index in [1.165, 1.54) is 11.3 Å². The average molecular weight is 449 g/mol. The topological polar surface area (TPSA) is 46.1 Å². The molecular weight excluding hydrogens is 437 g/mol. The van der Waals surface area contributed by atoms with Crippen molar-refractivity contribution in [1.29, 1.82) is 0 Å². The number of halogens is 3. The van der Waals surface area contributed by atoms with Crippen LogP contribution in [-0.4, -0.2) is 15.9 Å². The van der Waals surface area contributed by atoms with Crippen molar-refractivity contribution >= 4 is 67.4 Å². The summed E-state index contributed by atoms with van der Waals surface area (Å²) in [7, 11) is 0. The summed E-state index contributed by atoms with van der Waals surface area (Å²) in [5.74, 6) is -0.251. The number of hydrogen-bond acceptors (Lipinski definition) is 4. The highest BCUT2D eigenvalue weighted by Gasteiger charge is 2.22. The Kier molecular flexibility index (Phi) is 5.51. The van der Waals surface area contributed by atoms with Gasteiger partial charge in [-0.2, -0.15) is 0 Å². The number of benzene rings is 2. The third-order valence-corrected chi connectivity index (χ3v) is 5.70. The van der Waals surface area contributed by atoms with Gasteiger partial charge in [0.05, 0.1) is 16.8 Å². The molecule has 0 spiro atoms. The SMILES string of the molecule is O=C(c1cc(Cl)cc(Cl)c1)N(Cc1cccnc1)c1nc2ccc(Cl)cc2s1. The molecule has 0 unspecified atom stereocenters. The second kappa shape index (κ2) is 8.05. The summed E-state index contributed by atoms with van der Waals surface area (Å²) < 4.78 is 0.899. The lowest BCUT2D eigenvalue weighted by Gasteiger charge is -2.20. The number of carbonyl (C=O) groups excluding carboxylic acids is 1. The number of nitrogens with zero attached hydrogens (tertiary/aromatic N) is 3. The highest BCUT2D eigenvalue weighted by Crippen LogP contribution is 2.33. The van der Waals surface area contributed by atoms with Crippen molar-refractivity contribution < 1.29 is 4.79 Å². The Morgan fingerprint density at radius 1 is 1.00 bits per heavy atom. The molecule has 0 saturated carbocycles. The van der Waals surface area contributed by atoms with E-state index in [9.17, 15) is 4.79 Å². The molecule has 28 heavy (non-hydrogen) atoms. The fourth-order valence-corrected chi connectivity index (χ4v) is 4.50. The standard InChI is InChI=1S/C20H12Cl3N3OS/c21-14-3-4-17-18(9-14)28-20(25-17)26(11-12-2-1-5-24-10-12)19(27)13-6-15(22)8-16(23)7-13/h1-10H,11H2. The van der Waals surface area contributed by atoms with Crippen LogP contribution >= 0.6 is 46.1 Å². The third-order valence-electron chi connectivity index (χ3n) is 3.99. The number of rotatable bonds is 4. The van der Waals surface area contributed by atoms with Gasteiger partial charge in [-0.25, -0.2) is 4.98 Å². The van der Waals surface area contributed by atoms with E-state index in [0.29, 0.717) is 32.3 Å². The fourth-order valence-electron chi connectivity index (χ4n) is 2.74. The minimum atomic E-state index is -0.251. The zero-order chi connectivity index (χ0) is 19.7. The fraction of sp³-hybridized carbons (Fsp3) is 0.0500. The monoisotopic (exact) mass is 447 g/mol. The Labute approximate surface area is 180 Å². The first kappa shape index (κ1) is 19.2. The highest BCUT2D eigenvalue weighted by atomic mass is 35.5. The molecule has 0 atom stereocenters. The normalized spacial score (nSPS) is 11.0. The van der Waals surface area contributed by atoms with E-state index in [4.69, 9.17) is 34.8 Å². The van der Waals surface area contributed by atoms with Gasteiger partial charge >= 0.3 is 0 Å². The Bertz CT molecular complexity index is 1140. The Balaban J connectivity index is 1.79. The van der Waals surface area contributed by atoms with Crippen LogP contribution in [0.4, 0.5) is 5.13 Å². The molecule has 0 aliphatic carbocycles. The number of anilines is 1. The molecule has 4 nitrogen and oxygen atoms in total. The number of hydrogen-bond donors (Lipinski definition) is 0. The van der Waals surface area contributed by atoms with Crippen LogP contribution in [0.5, 0.6) is 0 Å². The second-order valence-corrected chi connectivity index (χ2v) is 8.34. The van der Waals surface area contributed by atoms with Gasteiger partial charge in [-0.3, -0.25) is 14.7 Å². The maximum atomic E-state index is 13.3. The van der Waals surface area contributed by atoms with Gasteiger partial charge in [0.15, 0.2) is 5.13 Å². The lowest BCUT2D eigenvalue weighted by molar-refractivity contribution is 0.0985. The molecule has 0 bridgehead atoms. The smallest absolute Gasteiger partial charge is 0.260 e. The summed E-state index contributed by atoms with van der Waals surface area (Å²) in [5.41, 5.74) is 2.04. The average Bonchev–Trinajstić information content (AvgIpc) is 3.08. The Morgan fingerprint density at radius 2 is 1.79 bits per heavy atom. The highest BCUT2D eigenvalue weighted by molar-refractivity contribution is 7.22. The van der Waals surface area contributed by atoms with E-state index in [2.05, 4.69) is 9.97 Å². The van der Waals surface area contributed by atoms with Crippen LogP contribution in [0.15, 0.2) is 60.9 Å². The van der Waals surface area contributed by atoms with E-state index < -0.39 is 0 Å². The first-order valence-electron chi connectivity index (χ1n) is 8.22. The minimum absolute atomic E-state index is 0.251. The number of fused-ring (bicyclic) bond motifs is 1. The molecule has 0 saturated heterocycles. The summed E-state index contributed by atoms with van der Waals surface area (Å²) >= 11 is 19.7. The van der Waals surface area contributed by atoms with Crippen LogP contribution in [0.2, 0.25) is 15.1 Å². The predicted octanol–water partition coefficient (Wildman–Crippen LogP) is 6.50. The molecule has 140 valence electrons. The summed E-state index contributed by atoms with van der Waals surface area (Å²) in [6, 6.07) is 13.9. The van der Waals surface area contributed by atoms with Crippen molar-refractivity contribution in [2.75, 3.05) is 4.90 Å². The summed E-state index contributed by atoms with van der Waals surface area (Å²) in [6.07, 6.45) is 3.40. The Morgan fingerprint density at radius 3 is 2.50 bits per heavy atom. The van der Waals surface area contributed by atoms with Gasteiger partial charge in [-0.15, -0.1) is 0 Å². The molecule has 2 aromatic carbocycles. The van der Waals surface area contributed by atoms with Crippen molar-refractivity contribution in [3.05, 3.63) is 87.1 Å². The van der Waals surface area contributed by atoms with Crippen LogP contribution in [0.1, 0.15) is 15.9 Å². The predicted molar refractivity (Wildman–Crippen MR) is 116 cm³/mol. The number of carbonyl (C=O) groups is 1. The molecule has 1 amide bonds. The van der Waals surface area contributed by atoms with Crippen molar-refractivity contribution in [3.8, 4) is 0 Å². The van der Waals surface area contributed by atoms with Gasteiger partial charge in [0.2, 0.25) is 0 Å². The molecule has 0 radical (unpaired) electrons. The second-order valence-electron chi connectivity index (χ2n) is 6.02. The van der Waals surface area contributed by atoms with Crippen LogP contribution in [0.25, 0.3) is 10.2 Å². The molecule has 0 aliphatic rings. The van der Waals surface area contributed by atoms with Gasteiger partial charge in [-0.1, -0.05) is 52.2 Å². The number of amides is 1. The molecule has 8 heteroatoms. The van der Waals surface area contributed by atoms with Crippen molar-refractivity contribution in [2.24, 2.45) is 0 Å². The van der Waals surface area contributed by atoms with Gasteiger partial charge in [0, 0.05) is 33.0 Å². The zero-order valence-corrected chi connectivity index (χ0v) is 17.4. The lowest BCUT2D eigenvalue weighted by Crippen LogP contribution is -2.30. The third kappa shape index (κ3) is 4.13. The largest absolute Gasteiger partial charge is 0.279 e. The van der Waals surface area contributed by atoms with Gasteiger partial charge in [0.25, 0.3) is 5.91 Å². The summed E-state index contributed by atoms with van der Waals surface area (Å²) in [4.78, 5) is 23.7. The zero-order valence-electron chi connectivity index (χ0n) is 14.3. The molecule has 2 heterocycles. The maximum absolute atomic E-state index is 13.3. The van der Waals surface area contributed by atoms with E-state index in [0.717, 1.165) is 15.8 Å². The number of aromatic nitrogens is 2. The molecule has 0 N–H and O–H groups in total. The Hall–Kier alpha value is -2.18. The summed E-state index contributed by atoms with van der Waals surface area (Å²) in [5, 5.41) is 1.97. The van der Waals surface area contributed by atoms with E-state index in [-0.39, 0.29) is 5.91 Å². The number of thiazole rings is 1. The number of pyridine rings is 1. The van der Waals surface area contributed by atoms with Crippen LogP contribution < -0.4 is 4.90 Å². The van der Waals surface area contributed by atoms with E-state index >= 15 is 0 Å². The van der Waals surface area contributed by atoms with E-state index in [1.54, 1.807) is 41.6 Å². The van der Waals surface area contributed by atoms with E-state index in [1.807, 2.05) is 24.3 Å². The first-order valence-corrected chi connectivity index (χ1v) is 10.2. The van der Waals surface area contributed by atoms with Crippen LogP contribution in [-0.2, 0) is 6.54 Å². The first-order chi connectivity index (χ1) is 13.5. The van der Waals surface area contributed by atoms with Crippen LogP contribution in [0.3, 0.4) is 0 Å². The molecule has 4 aromatic rings. The van der Waals surface area contributed by atoms with Gasteiger partial charge in [-0.05, 0) is 48.0 Å². The van der Waals surface area contributed by atoms with Gasteiger partial charge in [0.1, 0.15) is 0 Å².